The van der Waals surface area contributed by atoms with Crippen molar-refractivity contribution in [1.29, 1.82) is 0 Å². The molecule has 0 aliphatic carbocycles. The van der Waals surface area contributed by atoms with Gasteiger partial charge in [0.1, 0.15) is 0 Å². The van der Waals surface area contributed by atoms with Crippen molar-refractivity contribution in [2.75, 3.05) is 13.2 Å². The first kappa shape index (κ1) is 25.6. The molecule has 0 unspecified atom stereocenters. The number of nitrogens with zero attached hydrogens (tertiary/aromatic N) is 2. The Morgan fingerprint density at radius 2 is 1.64 bits per heavy atom. The van der Waals surface area contributed by atoms with Crippen molar-refractivity contribution in [2.24, 2.45) is 0 Å². The molecule has 0 atom stereocenters. The minimum Gasteiger partial charge on any atom is -0.490 e. The van der Waals surface area contributed by atoms with E-state index in [2.05, 4.69) is 0 Å². The molecule has 0 aliphatic heterocycles. The van der Waals surface area contributed by atoms with Crippen molar-refractivity contribution < 1.29 is 24.0 Å². The van der Waals surface area contributed by atoms with Crippen LogP contribution in [-0.4, -0.2) is 46.8 Å². The molecular weight excluding hydrogens is 424 g/mol. The van der Waals surface area contributed by atoms with Crippen LogP contribution in [0.5, 0.6) is 11.5 Å². The number of nitro benzene ring substituents is 1. The van der Waals surface area contributed by atoms with Gasteiger partial charge in [0.15, 0.2) is 23.9 Å². The third kappa shape index (κ3) is 7.17. The van der Waals surface area contributed by atoms with Crippen LogP contribution in [0.1, 0.15) is 50.5 Å². The zero-order valence-electron chi connectivity index (χ0n) is 19.6. The number of benzene rings is 2. The molecule has 176 valence electrons. The van der Waals surface area contributed by atoms with Gasteiger partial charge in [-0.15, -0.1) is 0 Å². The molecule has 0 N–H and O–H groups in total. The average molecular weight is 455 g/mol. The largest absolute Gasteiger partial charge is 0.490 e. The van der Waals surface area contributed by atoms with Gasteiger partial charge in [0.2, 0.25) is 0 Å². The number of rotatable bonds is 11. The predicted molar refractivity (Wildman–Crippen MR) is 127 cm³/mol. The first-order chi connectivity index (χ1) is 15.6. The number of ether oxygens (including phenoxy) is 2. The van der Waals surface area contributed by atoms with Crippen molar-refractivity contribution >= 4 is 23.5 Å². The number of carbonyl (C=O) groups excluding carboxylic acids is 2. The van der Waals surface area contributed by atoms with Gasteiger partial charge >= 0.3 is 0 Å². The standard InChI is InChI=1S/C25H30N2O6/c1-6-32-24-15-19(7-13-22(28)20-9-11-21(12-10-20)27(30)31)8-14-23(24)33-16-25(29)26(17(2)3)18(4)5/h7-15,17-18H,6,16H2,1-5H3. The predicted octanol–water partition coefficient (Wildman–Crippen LogP) is 4.91. The van der Waals surface area contributed by atoms with Gasteiger partial charge in [-0.3, -0.25) is 19.7 Å². The summed E-state index contributed by atoms with van der Waals surface area (Å²) in [5, 5.41) is 10.7. The molecule has 0 spiro atoms. The van der Waals surface area contributed by atoms with Crippen LogP contribution in [0.15, 0.2) is 48.5 Å². The summed E-state index contributed by atoms with van der Waals surface area (Å²) in [6.45, 7) is 9.99. The molecule has 0 bridgehead atoms. The normalized spacial score (nSPS) is 11.1. The van der Waals surface area contributed by atoms with Crippen molar-refractivity contribution in [3.8, 4) is 11.5 Å². The third-order valence-electron chi connectivity index (χ3n) is 4.81. The monoisotopic (exact) mass is 454 g/mol. The molecule has 2 rings (SSSR count). The summed E-state index contributed by atoms with van der Waals surface area (Å²) in [6.07, 6.45) is 3.01. The number of ketones is 1. The lowest BCUT2D eigenvalue weighted by molar-refractivity contribution is -0.384. The SMILES string of the molecule is CCOc1cc(C=CC(=O)c2ccc([N+](=O)[O-])cc2)ccc1OCC(=O)N(C(C)C)C(C)C. The Morgan fingerprint density at radius 1 is 1.00 bits per heavy atom. The number of amides is 1. The lowest BCUT2D eigenvalue weighted by Gasteiger charge is -2.30. The van der Waals surface area contributed by atoms with Gasteiger partial charge in [-0.05, 0) is 70.5 Å². The van der Waals surface area contributed by atoms with Gasteiger partial charge in [-0.2, -0.15) is 0 Å². The molecule has 1 amide bonds. The second kappa shape index (κ2) is 11.8. The smallest absolute Gasteiger partial charge is 0.269 e. The summed E-state index contributed by atoms with van der Waals surface area (Å²) >= 11 is 0. The van der Waals surface area contributed by atoms with E-state index in [1.807, 2.05) is 34.6 Å². The highest BCUT2D eigenvalue weighted by Gasteiger charge is 2.21. The van der Waals surface area contributed by atoms with E-state index in [1.165, 1.54) is 30.3 Å². The van der Waals surface area contributed by atoms with Crippen LogP contribution in [0, 0.1) is 10.1 Å². The first-order valence-corrected chi connectivity index (χ1v) is 10.8. The Morgan fingerprint density at radius 3 is 2.18 bits per heavy atom. The molecule has 33 heavy (non-hydrogen) atoms. The van der Waals surface area contributed by atoms with E-state index in [-0.39, 0.29) is 36.1 Å². The van der Waals surface area contributed by atoms with Gasteiger partial charge in [-0.1, -0.05) is 12.1 Å². The van der Waals surface area contributed by atoms with E-state index in [0.717, 1.165) is 0 Å². The maximum atomic E-state index is 12.6. The Labute approximate surface area is 194 Å². The van der Waals surface area contributed by atoms with Gasteiger partial charge in [-0.25, -0.2) is 0 Å². The Bertz CT molecular complexity index is 1000. The van der Waals surface area contributed by atoms with Gasteiger partial charge in [0.05, 0.1) is 11.5 Å². The summed E-state index contributed by atoms with van der Waals surface area (Å²) in [7, 11) is 0. The highest BCUT2D eigenvalue weighted by Crippen LogP contribution is 2.29. The van der Waals surface area contributed by atoms with E-state index in [4.69, 9.17) is 9.47 Å². The van der Waals surface area contributed by atoms with E-state index in [1.54, 1.807) is 29.2 Å². The number of nitro groups is 1. The second-order valence-corrected chi connectivity index (χ2v) is 7.92. The fourth-order valence-corrected chi connectivity index (χ4v) is 3.42. The molecule has 0 radical (unpaired) electrons. The van der Waals surface area contributed by atoms with E-state index < -0.39 is 4.92 Å². The minimum absolute atomic E-state index is 0.0632. The molecule has 8 nitrogen and oxygen atoms in total. The Hall–Kier alpha value is -3.68. The van der Waals surface area contributed by atoms with Crippen molar-refractivity contribution in [3.05, 3.63) is 69.8 Å². The average Bonchev–Trinajstić information content (AvgIpc) is 2.76. The highest BCUT2D eigenvalue weighted by molar-refractivity contribution is 6.06. The molecule has 2 aromatic rings. The zero-order valence-corrected chi connectivity index (χ0v) is 19.6. The number of non-ortho nitro benzene ring substituents is 1. The molecule has 8 heteroatoms. The topological polar surface area (TPSA) is 99.0 Å². The summed E-state index contributed by atoms with van der Waals surface area (Å²) in [6, 6.07) is 10.7. The fourth-order valence-electron chi connectivity index (χ4n) is 3.42. The molecule has 0 saturated heterocycles. The van der Waals surface area contributed by atoms with E-state index >= 15 is 0 Å². The molecular formula is C25H30N2O6. The molecule has 0 heterocycles. The van der Waals surface area contributed by atoms with E-state index in [0.29, 0.717) is 29.2 Å². The van der Waals surface area contributed by atoms with Crippen LogP contribution in [0.3, 0.4) is 0 Å². The minimum atomic E-state index is -0.514. The van der Waals surface area contributed by atoms with Gasteiger partial charge in [0, 0.05) is 29.8 Å². The summed E-state index contributed by atoms with van der Waals surface area (Å²) in [5.74, 6) is 0.517. The van der Waals surface area contributed by atoms with E-state index in [9.17, 15) is 19.7 Å². The van der Waals surface area contributed by atoms with Crippen LogP contribution < -0.4 is 9.47 Å². The number of hydrogen-bond donors (Lipinski definition) is 0. The lowest BCUT2D eigenvalue weighted by atomic mass is 10.1. The number of allylic oxidation sites excluding steroid dienone is 1. The summed E-state index contributed by atoms with van der Waals surface area (Å²) in [4.78, 5) is 36.9. The van der Waals surface area contributed by atoms with Crippen LogP contribution in [0.4, 0.5) is 5.69 Å². The van der Waals surface area contributed by atoms with Crippen LogP contribution >= 0.6 is 0 Å². The second-order valence-electron chi connectivity index (χ2n) is 7.92. The quantitative estimate of drug-likeness (QED) is 0.207. The molecule has 0 aromatic heterocycles. The van der Waals surface area contributed by atoms with Gasteiger partial charge in [0.25, 0.3) is 11.6 Å². The molecule has 0 aliphatic rings. The Balaban J connectivity index is 2.12. The van der Waals surface area contributed by atoms with Crippen LogP contribution in [0.2, 0.25) is 0 Å². The summed E-state index contributed by atoms with van der Waals surface area (Å²) < 4.78 is 11.4. The van der Waals surface area contributed by atoms with Crippen LogP contribution in [-0.2, 0) is 4.79 Å². The summed E-state index contributed by atoms with van der Waals surface area (Å²) in [5.41, 5.74) is 0.981. The third-order valence-corrected chi connectivity index (χ3v) is 4.81. The van der Waals surface area contributed by atoms with Crippen molar-refractivity contribution in [2.45, 2.75) is 46.7 Å². The maximum absolute atomic E-state index is 12.6. The molecule has 2 aromatic carbocycles. The first-order valence-electron chi connectivity index (χ1n) is 10.8. The maximum Gasteiger partial charge on any atom is 0.269 e. The Kier molecular flexibility index (Phi) is 9.15. The zero-order chi connectivity index (χ0) is 24.5. The fraction of sp³-hybridized carbons (Fsp3) is 0.360. The van der Waals surface area contributed by atoms with Crippen LogP contribution in [0.25, 0.3) is 6.08 Å². The highest BCUT2D eigenvalue weighted by atomic mass is 16.6. The van der Waals surface area contributed by atoms with Gasteiger partial charge < -0.3 is 14.4 Å². The van der Waals surface area contributed by atoms with Crippen molar-refractivity contribution in [3.63, 3.8) is 0 Å². The number of carbonyl (C=O) groups is 2. The molecule has 0 fully saturated rings. The van der Waals surface area contributed by atoms with Crippen molar-refractivity contribution in [1.82, 2.24) is 4.90 Å². The lowest BCUT2D eigenvalue weighted by Crippen LogP contribution is -2.44. The molecule has 0 saturated carbocycles. The number of hydrogen-bond acceptors (Lipinski definition) is 6.